The van der Waals surface area contributed by atoms with E-state index >= 15 is 0 Å². The summed E-state index contributed by atoms with van der Waals surface area (Å²) in [7, 11) is 0. The molecule has 0 radical (unpaired) electrons. The fourth-order valence-electron chi connectivity index (χ4n) is 0.901. The van der Waals surface area contributed by atoms with Crippen LogP contribution in [0, 0.1) is 0 Å². The highest BCUT2D eigenvalue weighted by atomic mass is 79.9. The molecule has 74 valence electrons. The summed E-state index contributed by atoms with van der Waals surface area (Å²) >= 11 is 11.4. The fourth-order valence-corrected chi connectivity index (χ4v) is 2.22. The van der Waals surface area contributed by atoms with Crippen molar-refractivity contribution in [2.24, 2.45) is 0 Å². The van der Waals surface area contributed by atoms with Gasteiger partial charge in [-0.05, 0) is 41.1 Å². The second-order valence-electron chi connectivity index (χ2n) is 2.63. The molecule has 1 N–H and O–H groups in total. The van der Waals surface area contributed by atoms with Crippen molar-refractivity contribution in [1.82, 2.24) is 5.32 Å². The molecule has 0 aromatic heterocycles. The van der Waals surface area contributed by atoms with E-state index in [9.17, 15) is 4.79 Å². The number of halogens is 2. The Labute approximate surface area is 104 Å². The maximum atomic E-state index is 11.5. The second kappa shape index (κ2) is 5.00. The van der Waals surface area contributed by atoms with Crippen molar-refractivity contribution in [2.75, 3.05) is 0 Å². The van der Waals surface area contributed by atoms with Crippen LogP contribution in [0.1, 0.15) is 17.3 Å². The molecule has 14 heavy (non-hydrogen) atoms. The lowest BCUT2D eigenvalue weighted by molar-refractivity contribution is 0.0977. The van der Waals surface area contributed by atoms with Crippen LogP contribution in [-0.2, 0) is 0 Å². The van der Waals surface area contributed by atoms with Crippen molar-refractivity contribution in [2.45, 2.75) is 6.92 Å². The molecule has 1 rings (SSSR count). The van der Waals surface area contributed by atoms with Crippen LogP contribution in [0.5, 0.6) is 0 Å². The van der Waals surface area contributed by atoms with Crippen LogP contribution in [0.15, 0.2) is 27.1 Å². The van der Waals surface area contributed by atoms with Gasteiger partial charge in [-0.15, -0.1) is 0 Å². The van der Waals surface area contributed by atoms with Crippen molar-refractivity contribution < 1.29 is 4.79 Å². The molecule has 0 fully saturated rings. The Balaban J connectivity index is 2.96. The summed E-state index contributed by atoms with van der Waals surface area (Å²) in [6, 6.07) is 5.34. The Bertz CT molecular complexity index is 392. The molecule has 5 heteroatoms. The first-order valence-corrected chi connectivity index (χ1v) is 5.77. The predicted octanol–water partition coefficient (Wildman–Crippen LogP) is 3.29. The van der Waals surface area contributed by atoms with Crippen molar-refractivity contribution >= 4 is 55.0 Å². The smallest absolute Gasteiger partial charge is 0.257 e. The third-order valence-corrected chi connectivity index (χ3v) is 2.72. The summed E-state index contributed by atoms with van der Waals surface area (Å²) in [6.45, 7) is 1.67. The van der Waals surface area contributed by atoms with Gasteiger partial charge in [-0.25, -0.2) is 0 Å². The number of hydrogen-bond donors (Lipinski definition) is 1. The minimum Gasteiger partial charge on any atom is -0.317 e. The molecule has 0 spiro atoms. The van der Waals surface area contributed by atoms with Crippen molar-refractivity contribution in [3.63, 3.8) is 0 Å². The Morgan fingerprint density at radius 3 is 2.57 bits per heavy atom. The molecule has 0 unspecified atom stereocenters. The third-order valence-electron chi connectivity index (χ3n) is 1.47. The molecule has 0 aliphatic rings. The number of rotatable bonds is 1. The van der Waals surface area contributed by atoms with Gasteiger partial charge >= 0.3 is 0 Å². The zero-order valence-corrected chi connectivity index (χ0v) is 11.3. The third kappa shape index (κ3) is 3.15. The number of hydrogen-bond acceptors (Lipinski definition) is 2. The average molecular weight is 337 g/mol. The monoisotopic (exact) mass is 335 g/mol. The van der Waals surface area contributed by atoms with Crippen LogP contribution in [0.2, 0.25) is 0 Å². The molecule has 0 aliphatic heterocycles. The van der Waals surface area contributed by atoms with E-state index in [4.69, 9.17) is 12.2 Å². The lowest BCUT2D eigenvalue weighted by atomic mass is 10.2. The van der Waals surface area contributed by atoms with E-state index in [1.54, 1.807) is 19.1 Å². The Morgan fingerprint density at radius 1 is 1.43 bits per heavy atom. The van der Waals surface area contributed by atoms with Gasteiger partial charge in [-0.1, -0.05) is 28.1 Å². The average Bonchev–Trinajstić information content (AvgIpc) is 2.01. The molecule has 0 aliphatic carbocycles. The summed E-state index contributed by atoms with van der Waals surface area (Å²) in [5, 5.41) is 2.57. The number of carbonyl (C=O) groups excluding carboxylic acids is 1. The van der Waals surface area contributed by atoms with Gasteiger partial charge in [0.25, 0.3) is 5.91 Å². The van der Waals surface area contributed by atoms with Crippen molar-refractivity contribution in [3.05, 3.63) is 32.7 Å². The minimum absolute atomic E-state index is 0.197. The van der Waals surface area contributed by atoms with Gasteiger partial charge in [0, 0.05) is 8.95 Å². The Morgan fingerprint density at radius 2 is 2.07 bits per heavy atom. The molecule has 2 nitrogen and oxygen atoms in total. The maximum absolute atomic E-state index is 11.5. The second-order valence-corrected chi connectivity index (χ2v) is 5.02. The summed E-state index contributed by atoms with van der Waals surface area (Å²) in [4.78, 5) is 12.0. The van der Waals surface area contributed by atoms with Crippen LogP contribution < -0.4 is 5.32 Å². The maximum Gasteiger partial charge on any atom is 0.257 e. The Kier molecular flexibility index (Phi) is 4.22. The number of carbonyl (C=O) groups is 1. The van der Waals surface area contributed by atoms with E-state index in [-0.39, 0.29) is 5.91 Å². The first-order chi connectivity index (χ1) is 6.50. The summed E-state index contributed by atoms with van der Waals surface area (Å²) in [5.74, 6) is -0.197. The van der Waals surface area contributed by atoms with Crippen LogP contribution in [0.4, 0.5) is 0 Å². The molecule has 0 saturated carbocycles. The molecule has 0 saturated heterocycles. The van der Waals surface area contributed by atoms with E-state index < -0.39 is 0 Å². The molecular formula is C9H7Br2NOS. The molecule has 0 atom stereocenters. The highest BCUT2D eigenvalue weighted by Crippen LogP contribution is 2.21. The zero-order valence-electron chi connectivity index (χ0n) is 7.30. The van der Waals surface area contributed by atoms with E-state index in [0.29, 0.717) is 10.6 Å². The fraction of sp³-hybridized carbons (Fsp3) is 0.111. The van der Waals surface area contributed by atoms with Gasteiger partial charge < -0.3 is 5.32 Å². The van der Waals surface area contributed by atoms with Gasteiger partial charge in [-0.2, -0.15) is 0 Å². The quantitative estimate of drug-likeness (QED) is 0.797. The van der Waals surface area contributed by atoms with E-state index in [1.165, 1.54) is 0 Å². The van der Waals surface area contributed by atoms with Gasteiger partial charge in [0.2, 0.25) is 0 Å². The standard InChI is InChI=1S/C9H7Br2NOS/c1-5(14)12-9(13)7-3-2-6(10)4-8(7)11/h2-4H,1H3,(H,12,13,14). The van der Waals surface area contributed by atoms with E-state index in [0.717, 1.165) is 8.95 Å². The lowest BCUT2D eigenvalue weighted by Crippen LogP contribution is -2.26. The van der Waals surface area contributed by atoms with Crippen LogP contribution >= 0.6 is 44.1 Å². The van der Waals surface area contributed by atoms with Crippen LogP contribution in [0.3, 0.4) is 0 Å². The summed E-state index contributed by atoms with van der Waals surface area (Å²) in [6.07, 6.45) is 0. The molecule has 1 aromatic rings. The van der Waals surface area contributed by atoms with E-state index in [1.807, 2.05) is 6.07 Å². The number of thiocarbonyl (C=S) groups is 1. The van der Waals surface area contributed by atoms with Crippen LogP contribution in [-0.4, -0.2) is 10.9 Å². The zero-order chi connectivity index (χ0) is 10.7. The highest BCUT2D eigenvalue weighted by molar-refractivity contribution is 9.11. The lowest BCUT2D eigenvalue weighted by Gasteiger charge is -2.05. The number of nitrogens with one attached hydrogen (secondary N) is 1. The normalized spacial score (nSPS) is 9.64. The minimum atomic E-state index is -0.197. The van der Waals surface area contributed by atoms with Gasteiger partial charge in [0.1, 0.15) is 0 Å². The summed E-state index contributed by atoms with van der Waals surface area (Å²) in [5.41, 5.74) is 0.567. The number of amides is 1. The van der Waals surface area contributed by atoms with Gasteiger partial charge in [0.05, 0.1) is 10.6 Å². The first kappa shape index (κ1) is 11.8. The molecule has 0 heterocycles. The van der Waals surface area contributed by atoms with Crippen molar-refractivity contribution in [1.29, 1.82) is 0 Å². The molecule has 0 bridgehead atoms. The van der Waals surface area contributed by atoms with Crippen LogP contribution in [0.25, 0.3) is 0 Å². The van der Waals surface area contributed by atoms with Crippen molar-refractivity contribution in [3.8, 4) is 0 Å². The topological polar surface area (TPSA) is 29.1 Å². The first-order valence-electron chi connectivity index (χ1n) is 3.77. The Hall–Kier alpha value is -0.260. The SMILES string of the molecule is CC(=S)NC(=O)c1ccc(Br)cc1Br. The highest BCUT2D eigenvalue weighted by Gasteiger charge is 2.09. The number of benzene rings is 1. The van der Waals surface area contributed by atoms with Gasteiger partial charge in [0.15, 0.2) is 0 Å². The summed E-state index contributed by atoms with van der Waals surface area (Å²) < 4.78 is 1.65. The van der Waals surface area contributed by atoms with E-state index in [2.05, 4.69) is 37.2 Å². The molecular weight excluding hydrogens is 330 g/mol. The van der Waals surface area contributed by atoms with Gasteiger partial charge in [-0.3, -0.25) is 4.79 Å². The molecule has 1 aromatic carbocycles. The largest absolute Gasteiger partial charge is 0.317 e. The predicted molar refractivity (Wildman–Crippen MR) is 67.6 cm³/mol. The molecule has 1 amide bonds.